The normalized spacial score (nSPS) is 19.9. The van der Waals surface area contributed by atoms with Gasteiger partial charge in [-0.1, -0.05) is 13.8 Å². The number of anilines is 1. The molecule has 0 aromatic heterocycles. The average molecular weight is 402 g/mol. The number of amides is 1. The van der Waals surface area contributed by atoms with E-state index in [2.05, 4.69) is 30.2 Å². The van der Waals surface area contributed by atoms with E-state index in [1.54, 1.807) is 19.1 Å². The van der Waals surface area contributed by atoms with Gasteiger partial charge in [-0.2, -0.15) is 0 Å². The molecule has 1 aliphatic heterocycles. The molecule has 158 valence electrons. The first kappa shape index (κ1) is 22.8. The molecule has 1 saturated heterocycles. The van der Waals surface area contributed by atoms with Crippen LogP contribution in [0.25, 0.3) is 0 Å². The number of aliphatic imine (C=N–C) groups is 1. The number of allylic oxidation sites excluding steroid dienone is 2. The van der Waals surface area contributed by atoms with Crippen LogP contribution in [0.15, 0.2) is 35.0 Å². The van der Waals surface area contributed by atoms with Crippen LogP contribution in [0.2, 0.25) is 0 Å². The third-order valence-electron chi connectivity index (χ3n) is 5.26. The third-order valence-corrected chi connectivity index (χ3v) is 5.26. The van der Waals surface area contributed by atoms with Crippen LogP contribution in [0.3, 0.4) is 0 Å². The molecule has 1 unspecified atom stereocenters. The Kier molecular flexibility index (Phi) is 8.11. The fraction of sp³-hybridized carbons (Fsp3) is 0.522. The zero-order valence-electron chi connectivity index (χ0n) is 18.0. The lowest BCUT2D eigenvalue weighted by Gasteiger charge is -2.16. The molecule has 1 aromatic carbocycles. The summed E-state index contributed by atoms with van der Waals surface area (Å²) in [6.45, 7) is 6.40. The molecule has 1 amide bonds. The van der Waals surface area contributed by atoms with Crippen molar-refractivity contribution >= 4 is 23.6 Å². The van der Waals surface area contributed by atoms with Gasteiger partial charge in [-0.3, -0.25) is 9.79 Å². The number of aldehydes is 1. The second-order valence-electron chi connectivity index (χ2n) is 7.97. The van der Waals surface area contributed by atoms with E-state index in [1.165, 1.54) is 35.2 Å². The summed E-state index contributed by atoms with van der Waals surface area (Å²) in [6, 6.07) is 4.53. The SMILES string of the molecule is CN=C(/C=C(\NC)C1CC1)C(C)C.Cc1cc(N2CC(C=O)CC2=O)ccc1F. The second-order valence-corrected chi connectivity index (χ2v) is 7.97. The van der Waals surface area contributed by atoms with E-state index >= 15 is 0 Å². The third kappa shape index (κ3) is 6.24. The van der Waals surface area contributed by atoms with E-state index < -0.39 is 0 Å². The van der Waals surface area contributed by atoms with Gasteiger partial charge in [-0.15, -0.1) is 0 Å². The molecule has 2 aliphatic rings. The van der Waals surface area contributed by atoms with Gasteiger partial charge in [0.2, 0.25) is 5.91 Å². The molecule has 0 spiro atoms. The van der Waals surface area contributed by atoms with Crippen molar-refractivity contribution in [2.45, 2.75) is 40.0 Å². The van der Waals surface area contributed by atoms with Crippen molar-refractivity contribution in [2.75, 3.05) is 25.5 Å². The van der Waals surface area contributed by atoms with Gasteiger partial charge >= 0.3 is 0 Å². The first-order chi connectivity index (χ1) is 13.8. The molecule has 1 atom stereocenters. The molecule has 0 radical (unpaired) electrons. The Morgan fingerprint density at radius 3 is 2.48 bits per heavy atom. The average Bonchev–Trinajstić information content (AvgIpc) is 3.47. The maximum absolute atomic E-state index is 13.1. The lowest BCUT2D eigenvalue weighted by Crippen LogP contribution is -2.24. The van der Waals surface area contributed by atoms with Gasteiger partial charge in [0, 0.05) is 50.1 Å². The molecule has 1 aromatic rings. The van der Waals surface area contributed by atoms with Crippen LogP contribution in [-0.2, 0) is 9.59 Å². The number of nitrogens with one attached hydrogen (secondary N) is 1. The number of halogens is 1. The molecule has 1 saturated carbocycles. The highest BCUT2D eigenvalue weighted by Gasteiger charge is 2.30. The highest BCUT2D eigenvalue weighted by Crippen LogP contribution is 2.35. The summed E-state index contributed by atoms with van der Waals surface area (Å²) >= 11 is 0. The molecule has 1 N–H and O–H groups in total. The number of carbonyl (C=O) groups excluding carboxylic acids is 2. The Morgan fingerprint density at radius 1 is 1.34 bits per heavy atom. The van der Waals surface area contributed by atoms with Crippen molar-refractivity contribution in [2.24, 2.45) is 22.7 Å². The van der Waals surface area contributed by atoms with E-state index in [4.69, 9.17) is 0 Å². The smallest absolute Gasteiger partial charge is 0.227 e. The van der Waals surface area contributed by atoms with Gasteiger partial charge in [0.15, 0.2) is 0 Å². The van der Waals surface area contributed by atoms with Gasteiger partial charge in [-0.05, 0) is 61.4 Å². The van der Waals surface area contributed by atoms with Gasteiger partial charge in [0.05, 0.1) is 0 Å². The summed E-state index contributed by atoms with van der Waals surface area (Å²) in [4.78, 5) is 28.0. The maximum atomic E-state index is 13.1. The topological polar surface area (TPSA) is 61.8 Å². The fourth-order valence-corrected chi connectivity index (χ4v) is 3.31. The van der Waals surface area contributed by atoms with Crippen LogP contribution in [0.1, 0.15) is 38.7 Å². The van der Waals surface area contributed by atoms with E-state index in [1.807, 2.05) is 14.1 Å². The van der Waals surface area contributed by atoms with Crippen LogP contribution in [-0.4, -0.2) is 38.5 Å². The number of carbonyl (C=O) groups is 2. The standard InChI is InChI=1S/C12H12FNO2.C11H20N2/c1-8-4-10(2-3-11(8)13)14-6-9(7-15)5-12(14)16;1-8(2)10(12-3)7-11(13-4)9-5-6-9/h2-4,7,9H,5-6H2,1H3;7-9,13H,5-6H2,1-4H3/b;11-7-,12-10?. The number of benzene rings is 1. The second kappa shape index (κ2) is 10.3. The Hall–Kier alpha value is -2.50. The van der Waals surface area contributed by atoms with E-state index in [0.29, 0.717) is 23.7 Å². The lowest BCUT2D eigenvalue weighted by atomic mass is 10.1. The van der Waals surface area contributed by atoms with Gasteiger partial charge < -0.3 is 15.0 Å². The number of hydrogen-bond donors (Lipinski definition) is 1. The zero-order chi connectivity index (χ0) is 21.6. The quantitative estimate of drug-likeness (QED) is 0.581. The zero-order valence-corrected chi connectivity index (χ0v) is 18.0. The van der Waals surface area contributed by atoms with Crippen molar-refractivity contribution in [3.8, 4) is 0 Å². The molecule has 2 fully saturated rings. The first-order valence-electron chi connectivity index (χ1n) is 10.2. The summed E-state index contributed by atoms with van der Waals surface area (Å²) in [6.07, 6.45) is 5.93. The minimum atomic E-state index is -0.290. The molecule has 0 bridgehead atoms. The van der Waals surface area contributed by atoms with Crippen molar-refractivity contribution < 1.29 is 14.0 Å². The number of hydrogen-bond acceptors (Lipinski definition) is 4. The fourth-order valence-electron chi connectivity index (χ4n) is 3.31. The molecule has 6 heteroatoms. The molecule has 5 nitrogen and oxygen atoms in total. The largest absolute Gasteiger partial charge is 0.391 e. The van der Waals surface area contributed by atoms with Crippen molar-refractivity contribution in [3.05, 3.63) is 41.4 Å². The highest BCUT2D eigenvalue weighted by molar-refractivity contribution is 5.98. The molecular weight excluding hydrogens is 369 g/mol. The van der Waals surface area contributed by atoms with Crippen molar-refractivity contribution in [3.63, 3.8) is 0 Å². The number of rotatable bonds is 6. The van der Waals surface area contributed by atoms with Gasteiger partial charge in [-0.25, -0.2) is 4.39 Å². The van der Waals surface area contributed by atoms with Crippen LogP contribution in [0, 0.1) is 30.5 Å². The van der Waals surface area contributed by atoms with Crippen LogP contribution < -0.4 is 10.2 Å². The summed E-state index contributed by atoms with van der Waals surface area (Å²) in [7, 11) is 3.86. The Labute approximate surface area is 173 Å². The minimum Gasteiger partial charge on any atom is -0.391 e. The Balaban J connectivity index is 0.000000212. The van der Waals surface area contributed by atoms with E-state index in [0.717, 1.165) is 12.2 Å². The Morgan fingerprint density at radius 2 is 2.03 bits per heavy atom. The predicted molar refractivity (Wildman–Crippen MR) is 116 cm³/mol. The van der Waals surface area contributed by atoms with E-state index in [-0.39, 0.29) is 24.1 Å². The van der Waals surface area contributed by atoms with Crippen LogP contribution >= 0.6 is 0 Å². The van der Waals surface area contributed by atoms with Crippen LogP contribution in [0.5, 0.6) is 0 Å². The summed E-state index contributed by atoms with van der Waals surface area (Å²) in [5.41, 5.74) is 3.71. The number of nitrogens with zero attached hydrogens (tertiary/aromatic N) is 2. The summed E-state index contributed by atoms with van der Waals surface area (Å²) in [5.74, 6) is 0.691. The minimum absolute atomic E-state index is 0.0805. The summed E-state index contributed by atoms with van der Waals surface area (Å²) in [5, 5.41) is 3.26. The van der Waals surface area contributed by atoms with Crippen LogP contribution in [0.4, 0.5) is 10.1 Å². The maximum Gasteiger partial charge on any atom is 0.227 e. The van der Waals surface area contributed by atoms with Gasteiger partial charge in [0.1, 0.15) is 12.1 Å². The molecule has 3 rings (SSSR count). The Bertz CT molecular complexity index is 797. The van der Waals surface area contributed by atoms with Crippen molar-refractivity contribution in [1.82, 2.24) is 5.32 Å². The molecule has 1 heterocycles. The monoisotopic (exact) mass is 401 g/mol. The first-order valence-corrected chi connectivity index (χ1v) is 10.2. The molecule has 29 heavy (non-hydrogen) atoms. The summed E-state index contributed by atoms with van der Waals surface area (Å²) < 4.78 is 13.1. The lowest BCUT2D eigenvalue weighted by molar-refractivity contribution is -0.119. The molecule has 1 aliphatic carbocycles. The molecular formula is C23H32FN3O2. The highest BCUT2D eigenvalue weighted by atomic mass is 19.1. The predicted octanol–water partition coefficient (Wildman–Crippen LogP) is 3.91. The van der Waals surface area contributed by atoms with E-state index in [9.17, 15) is 14.0 Å². The van der Waals surface area contributed by atoms with Gasteiger partial charge in [0.25, 0.3) is 0 Å². The number of aryl methyl sites for hydroxylation is 1. The van der Waals surface area contributed by atoms with Crippen molar-refractivity contribution in [1.29, 1.82) is 0 Å².